The van der Waals surface area contributed by atoms with Gasteiger partial charge in [-0.25, -0.2) is 9.59 Å². The van der Waals surface area contributed by atoms with Gasteiger partial charge in [0.25, 0.3) is 0 Å². The predicted molar refractivity (Wildman–Crippen MR) is 60.0 cm³/mol. The van der Waals surface area contributed by atoms with Gasteiger partial charge >= 0.3 is 11.9 Å². The molecule has 0 amide bonds. The van der Waals surface area contributed by atoms with Crippen LogP contribution in [0.1, 0.15) is 38.3 Å². The summed E-state index contributed by atoms with van der Waals surface area (Å²) < 4.78 is 14.0. The molecule has 0 spiro atoms. The maximum atomic E-state index is 11.5. The van der Waals surface area contributed by atoms with Crippen LogP contribution in [0.3, 0.4) is 0 Å². The molecule has 0 fully saturated rings. The third kappa shape index (κ3) is 2.20. The number of carbonyl (C=O) groups excluding carboxylic acids is 3. The van der Waals surface area contributed by atoms with Crippen molar-refractivity contribution in [2.24, 2.45) is 0 Å². The molecular formula is C11H13NO6. The lowest BCUT2D eigenvalue weighted by molar-refractivity contribution is 0.0587. The zero-order valence-electron chi connectivity index (χ0n) is 10.4. The minimum atomic E-state index is -0.770. The van der Waals surface area contributed by atoms with Gasteiger partial charge < -0.3 is 19.2 Å². The van der Waals surface area contributed by atoms with Crippen molar-refractivity contribution in [3.8, 4) is 5.75 Å². The summed E-state index contributed by atoms with van der Waals surface area (Å²) in [5.74, 6) is -1.98. The van der Waals surface area contributed by atoms with Crippen molar-refractivity contribution in [1.29, 1.82) is 0 Å². The summed E-state index contributed by atoms with van der Waals surface area (Å²) in [5, 5.41) is 0. The van der Waals surface area contributed by atoms with Crippen molar-refractivity contribution in [2.45, 2.75) is 6.92 Å². The lowest BCUT2D eigenvalue weighted by Crippen LogP contribution is -2.08. The number of ether oxygens (including phenoxy) is 3. The molecule has 0 radical (unpaired) electrons. The summed E-state index contributed by atoms with van der Waals surface area (Å²) in [6.45, 7) is 1.25. The van der Waals surface area contributed by atoms with Gasteiger partial charge in [-0.1, -0.05) is 0 Å². The third-order valence-electron chi connectivity index (χ3n) is 2.29. The Bertz CT molecular complexity index is 502. The molecule has 1 aromatic heterocycles. The lowest BCUT2D eigenvalue weighted by atomic mass is 10.1. The van der Waals surface area contributed by atoms with Crippen molar-refractivity contribution in [1.82, 2.24) is 4.98 Å². The van der Waals surface area contributed by atoms with Gasteiger partial charge in [0.1, 0.15) is 5.69 Å². The first-order chi connectivity index (χ1) is 8.47. The number of rotatable bonds is 4. The number of esters is 2. The first-order valence-electron chi connectivity index (χ1n) is 4.95. The Balaban J connectivity index is 3.53. The van der Waals surface area contributed by atoms with E-state index in [9.17, 15) is 14.4 Å². The molecule has 0 saturated carbocycles. The molecule has 7 nitrogen and oxygen atoms in total. The lowest BCUT2D eigenvalue weighted by Gasteiger charge is -2.02. The zero-order valence-corrected chi connectivity index (χ0v) is 10.4. The molecule has 0 aliphatic carbocycles. The highest BCUT2D eigenvalue weighted by atomic mass is 16.5. The average Bonchev–Trinajstić information content (AvgIpc) is 2.76. The summed E-state index contributed by atoms with van der Waals surface area (Å²) >= 11 is 0. The van der Waals surface area contributed by atoms with E-state index < -0.39 is 17.7 Å². The van der Waals surface area contributed by atoms with Crippen LogP contribution in [-0.2, 0) is 9.47 Å². The van der Waals surface area contributed by atoms with Gasteiger partial charge in [0.05, 0.1) is 26.9 Å². The Labute approximate surface area is 103 Å². The number of hydrogen-bond donors (Lipinski definition) is 1. The largest absolute Gasteiger partial charge is 0.493 e. The van der Waals surface area contributed by atoms with E-state index in [1.807, 2.05) is 0 Å². The van der Waals surface area contributed by atoms with Gasteiger partial charge in [0.15, 0.2) is 17.2 Å². The number of carbonyl (C=O) groups is 3. The maximum absolute atomic E-state index is 11.5. The molecule has 18 heavy (non-hydrogen) atoms. The highest BCUT2D eigenvalue weighted by Gasteiger charge is 2.29. The molecule has 0 aliphatic rings. The topological polar surface area (TPSA) is 94.7 Å². The van der Waals surface area contributed by atoms with E-state index in [0.29, 0.717) is 0 Å². The summed E-state index contributed by atoms with van der Waals surface area (Å²) in [6, 6.07) is 0. The van der Waals surface area contributed by atoms with E-state index in [1.165, 1.54) is 21.1 Å². The molecule has 0 aliphatic heterocycles. The van der Waals surface area contributed by atoms with Gasteiger partial charge in [0, 0.05) is 0 Å². The summed E-state index contributed by atoms with van der Waals surface area (Å²) in [4.78, 5) is 37.0. The molecule has 0 bridgehead atoms. The molecule has 1 N–H and O–H groups in total. The van der Waals surface area contributed by atoms with Gasteiger partial charge in [0.2, 0.25) is 0 Å². The Morgan fingerprint density at radius 2 is 1.44 bits per heavy atom. The quantitative estimate of drug-likeness (QED) is 0.631. The minimum Gasteiger partial charge on any atom is -0.493 e. The van der Waals surface area contributed by atoms with Crippen LogP contribution in [0.5, 0.6) is 5.75 Å². The molecule has 1 aromatic rings. The Hall–Kier alpha value is -2.31. The monoisotopic (exact) mass is 255 g/mol. The van der Waals surface area contributed by atoms with Crippen LogP contribution in [0.4, 0.5) is 0 Å². The van der Waals surface area contributed by atoms with Gasteiger partial charge in [-0.3, -0.25) is 4.79 Å². The summed E-state index contributed by atoms with van der Waals surface area (Å²) in [6.07, 6.45) is 0. The fourth-order valence-corrected chi connectivity index (χ4v) is 1.52. The zero-order chi connectivity index (χ0) is 13.9. The standard InChI is InChI=1S/C11H13NO6/c1-5(13)6-7(10(14)17-3)12-8(9(6)16-2)11(15)18-4/h12H,1-4H3. The van der Waals surface area contributed by atoms with E-state index >= 15 is 0 Å². The number of aromatic amines is 1. The normalized spacial score (nSPS) is 9.78. The number of methoxy groups -OCH3 is 3. The molecule has 7 heteroatoms. The van der Waals surface area contributed by atoms with Gasteiger partial charge in [-0.2, -0.15) is 0 Å². The summed E-state index contributed by atoms with van der Waals surface area (Å²) in [7, 11) is 3.62. The van der Waals surface area contributed by atoms with E-state index in [2.05, 4.69) is 14.5 Å². The second kappa shape index (κ2) is 5.35. The van der Waals surface area contributed by atoms with Crippen molar-refractivity contribution < 1.29 is 28.6 Å². The number of ketones is 1. The highest BCUT2D eigenvalue weighted by molar-refractivity contribution is 6.10. The molecule has 0 saturated heterocycles. The Kier molecular flexibility index (Phi) is 4.09. The van der Waals surface area contributed by atoms with E-state index in [1.54, 1.807) is 0 Å². The number of hydrogen-bond acceptors (Lipinski definition) is 6. The molecular weight excluding hydrogens is 242 g/mol. The molecule has 0 unspecified atom stereocenters. The fourth-order valence-electron chi connectivity index (χ4n) is 1.52. The summed E-state index contributed by atoms with van der Waals surface area (Å²) in [5.41, 5.74) is -0.280. The molecule has 1 heterocycles. The smallest absolute Gasteiger partial charge is 0.358 e. The van der Waals surface area contributed by atoms with Crippen LogP contribution in [-0.4, -0.2) is 44.0 Å². The average molecular weight is 255 g/mol. The molecule has 0 aromatic carbocycles. The van der Waals surface area contributed by atoms with Crippen LogP contribution in [0.15, 0.2) is 0 Å². The maximum Gasteiger partial charge on any atom is 0.358 e. The molecule has 0 atom stereocenters. The fraction of sp³-hybridized carbons (Fsp3) is 0.364. The molecule has 1 rings (SSSR count). The second-order valence-electron chi connectivity index (χ2n) is 3.32. The van der Waals surface area contributed by atoms with Gasteiger partial charge in [-0.05, 0) is 6.92 Å². The predicted octanol–water partition coefficient (Wildman–Crippen LogP) is 0.799. The van der Waals surface area contributed by atoms with Crippen LogP contribution < -0.4 is 4.74 Å². The second-order valence-corrected chi connectivity index (χ2v) is 3.32. The van der Waals surface area contributed by atoms with Crippen LogP contribution >= 0.6 is 0 Å². The van der Waals surface area contributed by atoms with Crippen LogP contribution in [0.25, 0.3) is 0 Å². The van der Waals surface area contributed by atoms with Crippen molar-refractivity contribution in [2.75, 3.05) is 21.3 Å². The third-order valence-corrected chi connectivity index (χ3v) is 2.29. The van der Waals surface area contributed by atoms with Crippen molar-refractivity contribution in [3.63, 3.8) is 0 Å². The van der Waals surface area contributed by atoms with Gasteiger partial charge in [-0.15, -0.1) is 0 Å². The number of Topliss-reactive ketones (excluding diaryl/α,β-unsaturated/α-hetero) is 1. The number of aromatic nitrogens is 1. The van der Waals surface area contributed by atoms with E-state index in [4.69, 9.17) is 4.74 Å². The van der Waals surface area contributed by atoms with E-state index in [-0.39, 0.29) is 22.7 Å². The molecule has 98 valence electrons. The number of nitrogens with one attached hydrogen (secondary N) is 1. The minimum absolute atomic E-state index is 0.0326. The first kappa shape index (κ1) is 13.8. The van der Waals surface area contributed by atoms with Crippen LogP contribution in [0, 0.1) is 0 Å². The highest BCUT2D eigenvalue weighted by Crippen LogP contribution is 2.29. The SMILES string of the molecule is COC(=O)c1[nH]c(C(=O)OC)c(C(C)=O)c1OC. The first-order valence-corrected chi connectivity index (χ1v) is 4.95. The Morgan fingerprint density at radius 1 is 0.944 bits per heavy atom. The van der Waals surface area contributed by atoms with E-state index in [0.717, 1.165) is 7.11 Å². The van der Waals surface area contributed by atoms with Crippen molar-refractivity contribution >= 4 is 17.7 Å². The Morgan fingerprint density at radius 3 is 1.83 bits per heavy atom. The van der Waals surface area contributed by atoms with Crippen LogP contribution in [0.2, 0.25) is 0 Å². The van der Waals surface area contributed by atoms with Crippen molar-refractivity contribution in [3.05, 3.63) is 17.0 Å². The number of H-pyrrole nitrogens is 1.